The van der Waals surface area contributed by atoms with Crippen LogP contribution in [0.3, 0.4) is 0 Å². The first-order valence-corrected chi connectivity index (χ1v) is 5.35. The summed E-state index contributed by atoms with van der Waals surface area (Å²) < 4.78 is 5.33. The average Bonchev–Trinajstić information content (AvgIpc) is 2.73. The summed E-state index contributed by atoms with van der Waals surface area (Å²) in [6.07, 6.45) is 6.90. The highest BCUT2D eigenvalue weighted by molar-refractivity contribution is 5.29. The Morgan fingerprint density at radius 1 is 1.38 bits per heavy atom. The zero-order valence-corrected chi connectivity index (χ0v) is 9.47. The fourth-order valence-electron chi connectivity index (χ4n) is 1.77. The van der Waals surface area contributed by atoms with Gasteiger partial charge < -0.3 is 9.73 Å². The fourth-order valence-corrected chi connectivity index (χ4v) is 1.77. The molecule has 84 valence electrons. The Kier molecular flexibility index (Phi) is 3.31. The van der Waals surface area contributed by atoms with Crippen LogP contribution in [0.5, 0.6) is 0 Å². The third-order valence-corrected chi connectivity index (χ3v) is 2.53. The first kappa shape index (κ1) is 10.8. The van der Waals surface area contributed by atoms with Gasteiger partial charge in [0.1, 0.15) is 12.1 Å². The van der Waals surface area contributed by atoms with Gasteiger partial charge >= 0.3 is 0 Å². The normalized spacial score (nSPS) is 12.6. The topological polar surface area (TPSA) is 51.0 Å². The van der Waals surface area contributed by atoms with E-state index < -0.39 is 0 Å². The van der Waals surface area contributed by atoms with Crippen molar-refractivity contribution in [2.24, 2.45) is 0 Å². The first-order valence-electron chi connectivity index (χ1n) is 5.35. The highest BCUT2D eigenvalue weighted by Gasteiger charge is 2.17. The predicted octanol–water partition coefficient (Wildman–Crippen LogP) is 2.08. The number of hydrogen-bond donors (Lipinski definition) is 1. The van der Waals surface area contributed by atoms with Crippen molar-refractivity contribution in [3.8, 4) is 0 Å². The number of aryl methyl sites for hydroxylation is 1. The van der Waals surface area contributed by atoms with E-state index in [4.69, 9.17) is 4.42 Å². The Bertz CT molecular complexity index is 439. The number of nitrogens with one attached hydrogen (secondary N) is 1. The van der Waals surface area contributed by atoms with Gasteiger partial charge in [-0.15, -0.1) is 0 Å². The van der Waals surface area contributed by atoms with E-state index in [0.29, 0.717) is 0 Å². The Morgan fingerprint density at radius 2 is 2.12 bits per heavy atom. The van der Waals surface area contributed by atoms with Crippen LogP contribution in [0, 0.1) is 6.92 Å². The van der Waals surface area contributed by atoms with Crippen molar-refractivity contribution in [1.82, 2.24) is 15.3 Å². The summed E-state index contributed by atoms with van der Waals surface area (Å²) in [5.41, 5.74) is 2.19. The largest absolute Gasteiger partial charge is 0.469 e. The van der Waals surface area contributed by atoms with Crippen molar-refractivity contribution in [1.29, 1.82) is 0 Å². The Hall–Kier alpha value is -1.68. The summed E-state index contributed by atoms with van der Waals surface area (Å²) in [6.45, 7) is 4.92. The van der Waals surface area contributed by atoms with Crippen LogP contribution in [0.4, 0.5) is 0 Å². The molecule has 0 spiro atoms. The molecule has 0 radical (unpaired) electrons. The van der Waals surface area contributed by atoms with Gasteiger partial charge in [0.2, 0.25) is 0 Å². The summed E-state index contributed by atoms with van der Waals surface area (Å²) in [5.74, 6) is 0.926. The SMILES string of the molecule is CCNC(c1cncnc1)c1ccoc1C. The molecule has 0 amide bonds. The van der Waals surface area contributed by atoms with Crippen LogP contribution < -0.4 is 5.32 Å². The second-order valence-corrected chi connectivity index (χ2v) is 3.59. The van der Waals surface area contributed by atoms with E-state index in [9.17, 15) is 0 Å². The number of rotatable bonds is 4. The lowest BCUT2D eigenvalue weighted by molar-refractivity contribution is 0.519. The van der Waals surface area contributed by atoms with Crippen LogP contribution in [0.25, 0.3) is 0 Å². The number of nitrogens with zero attached hydrogens (tertiary/aromatic N) is 2. The molecular weight excluding hydrogens is 202 g/mol. The van der Waals surface area contributed by atoms with E-state index in [1.54, 1.807) is 6.26 Å². The van der Waals surface area contributed by atoms with Gasteiger partial charge in [-0.2, -0.15) is 0 Å². The van der Waals surface area contributed by atoms with Gasteiger partial charge in [-0.05, 0) is 19.5 Å². The molecule has 1 N–H and O–H groups in total. The minimum atomic E-state index is 0.102. The second kappa shape index (κ2) is 4.90. The molecule has 4 nitrogen and oxygen atoms in total. The maximum absolute atomic E-state index is 5.33. The average molecular weight is 217 g/mol. The Balaban J connectivity index is 2.35. The summed E-state index contributed by atoms with van der Waals surface area (Å²) in [7, 11) is 0. The van der Waals surface area contributed by atoms with E-state index in [1.807, 2.05) is 25.4 Å². The zero-order chi connectivity index (χ0) is 11.4. The van der Waals surface area contributed by atoms with Crippen LogP contribution >= 0.6 is 0 Å². The molecule has 0 aliphatic heterocycles. The molecule has 1 atom stereocenters. The zero-order valence-electron chi connectivity index (χ0n) is 9.47. The van der Waals surface area contributed by atoms with Crippen LogP contribution in [0.1, 0.15) is 29.9 Å². The standard InChI is InChI=1S/C12H15N3O/c1-3-15-12(10-6-13-8-14-7-10)11-4-5-16-9(11)2/h4-8,12,15H,3H2,1-2H3. The quantitative estimate of drug-likeness (QED) is 0.851. The lowest BCUT2D eigenvalue weighted by Gasteiger charge is -2.16. The molecule has 0 aliphatic carbocycles. The molecule has 0 fully saturated rings. The lowest BCUT2D eigenvalue weighted by atomic mass is 10.0. The molecule has 0 aliphatic rings. The Labute approximate surface area is 94.7 Å². The van der Waals surface area contributed by atoms with Crippen LogP contribution in [0.15, 0.2) is 35.5 Å². The van der Waals surface area contributed by atoms with Crippen molar-refractivity contribution in [3.05, 3.63) is 47.9 Å². The third kappa shape index (κ3) is 2.12. The summed E-state index contributed by atoms with van der Waals surface area (Å²) in [6, 6.07) is 2.08. The van der Waals surface area contributed by atoms with Gasteiger partial charge in [0.25, 0.3) is 0 Å². The van der Waals surface area contributed by atoms with Gasteiger partial charge in [0, 0.05) is 23.5 Å². The molecule has 0 aromatic carbocycles. The first-order chi connectivity index (χ1) is 7.83. The van der Waals surface area contributed by atoms with E-state index in [-0.39, 0.29) is 6.04 Å². The highest BCUT2D eigenvalue weighted by atomic mass is 16.3. The van der Waals surface area contributed by atoms with Crippen LogP contribution in [0.2, 0.25) is 0 Å². The van der Waals surface area contributed by atoms with Crippen LogP contribution in [-0.4, -0.2) is 16.5 Å². The molecule has 2 aromatic heterocycles. The maximum atomic E-state index is 5.33. The molecule has 0 saturated heterocycles. The fraction of sp³-hybridized carbons (Fsp3) is 0.333. The van der Waals surface area contributed by atoms with E-state index >= 15 is 0 Å². The minimum Gasteiger partial charge on any atom is -0.469 e. The summed E-state index contributed by atoms with van der Waals surface area (Å²) >= 11 is 0. The van der Waals surface area contributed by atoms with Gasteiger partial charge in [0.15, 0.2) is 0 Å². The Morgan fingerprint density at radius 3 is 2.69 bits per heavy atom. The lowest BCUT2D eigenvalue weighted by Crippen LogP contribution is -2.22. The molecule has 2 heterocycles. The number of hydrogen-bond acceptors (Lipinski definition) is 4. The molecule has 0 saturated carbocycles. The van der Waals surface area contributed by atoms with E-state index in [2.05, 4.69) is 22.2 Å². The molecule has 2 aromatic rings. The summed E-state index contributed by atoms with van der Waals surface area (Å²) in [4.78, 5) is 8.09. The minimum absolute atomic E-state index is 0.102. The molecule has 0 bridgehead atoms. The van der Waals surface area contributed by atoms with Crippen molar-refractivity contribution in [3.63, 3.8) is 0 Å². The van der Waals surface area contributed by atoms with E-state index in [1.165, 1.54) is 6.33 Å². The summed E-state index contributed by atoms with van der Waals surface area (Å²) in [5, 5.41) is 3.40. The van der Waals surface area contributed by atoms with E-state index in [0.717, 1.165) is 23.4 Å². The van der Waals surface area contributed by atoms with Crippen molar-refractivity contribution < 1.29 is 4.42 Å². The monoisotopic (exact) mass is 217 g/mol. The molecule has 1 unspecified atom stereocenters. The van der Waals surface area contributed by atoms with Crippen molar-refractivity contribution in [2.75, 3.05) is 6.54 Å². The highest BCUT2D eigenvalue weighted by Crippen LogP contribution is 2.24. The maximum Gasteiger partial charge on any atom is 0.115 e. The van der Waals surface area contributed by atoms with Crippen LogP contribution in [-0.2, 0) is 0 Å². The molecule has 4 heteroatoms. The number of furan rings is 1. The molecule has 2 rings (SSSR count). The third-order valence-electron chi connectivity index (χ3n) is 2.53. The smallest absolute Gasteiger partial charge is 0.115 e. The predicted molar refractivity (Wildman–Crippen MR) is 61.0 cm³/mol. The van der Waals surface area contributed by atoms with Gasteiger partial charge in [-0.1, -0.05) is 6.92 Å². The van der Waals surface area contributed by atoms with Gasteiger partial charge in [-0.25, -0.2) is 9.97 Å². The molecule has 16 heavy (non-hydrogen) atoms. The van der Waals surface area contributed by atoms with Gasteiger partial charge in [0.05, 0.1) is 12.3 Å². The van der Waals surface area contributed by atoms with Crippen molar-refractivity contribution >= 4 is 0 Å². The second-order valence-electron chi connectivity index (χ2n) is 3.59. The molecular formula is C12H15N3O. The van der Waals surface area contributed by atoms with Crippen molar-refractivity contribution in [2.45, 2.75) is 19.9 Å². The van der Waals surface area contributed by atoms with Gasteiger partial charge in [-0.3, -0.25) is 0 Å². The number of aromatic nitrogens is 2.